The van der Waals surface area contributed by atoms with Gasteiger partial charge < -0.3 is 0 Å². The summed E-state index contributed by atoms with van der Waals surface area (Å²) in [5.74, 6) is 0.675. The van der Waals surface area contributed by atoms with E-state index in [-0.39, 0.29) is 0 Å². The van der Waals surface area contributed by atoms with E-state index in [1.54, 1.807) is 0 Å². The predicted molar refractivity (Wildman–Crippen MR) is 256 cm³/mol. The molecule has 0 aliphatic rings. The Bertz CT molecular complexity index is 3480. The van der Waals surface area contributed by atoms with Gasteiger partial charge in [0, 0.05) is 75.0 Å². The molecule has 8 aromatic carbocycles. The molecule has 0 unspecified atom stereocenters. The Labute approximate surface area is 354 Å². The fourth-order valence-corrected chi connectivity index (χ4v) is 10.8. The van der Waals surface area contributed by atoms with Crippen LogP contribution in [0.2, 0.25) is 0 Å². The molecule has 0 radical (unpaired) electrons. The lowest BCUT2D eigenvalue weighted by molar-refractivity contribution is 1.18. The molecule has 280 valence electrons. The van der Waals surface area contributed by atoms with E-state index in [9.17, 15) is 0 Å². The highest BCUT2D eigenvalue weighted by atomic mass is 32.1. The molecule has 0 bridgehead atoms. The molecular formula is C55H33N3S2. The number of fused-ring (bicyclic) bond motifs is 7. The monoisotopic (exact) mass is 799 g/mol. The molecule has 5 heteroatoms. The van der Waals surface area contributed by atoms with Gasteiger partial charge in [0.2, 0.25) is 0 Å². The van der Waals surface area contributed by atoms with Gasteiger partial charge in [-0.15, -0.1) is 22.7 Å². The molecule has 60 heavy (non-hydrogen) atoms. The summed E-state index contributed by atoms with van der Waals surface area (Å²) in [5, 5.41) is 7.45. The fraction of sp³-hybridized carbons (Fsp3) is 0. The van der Waals surface area contributed by atoms with Crippen molar-refractivity contribution in [2.45, 2.75) is 0 Å². The lowest BCUT2D eigenvalue weighted by Gasteiger charge is -2.14. The van der Waals surface area contributed by atoms with Crippen molar-refractivity contribution in [1.29, 1.82) is 0 Å². The SMILES string of the molecule is c1cncc(-c2cccc(-c3cc(-c4cccc5ccccc45)nc(-c4cc(-c5ccc6sc7ccccc7c6c5)cc(-c5ccc6sc7ccccc7c6c5)c4)n3)c2)c1. The second-order valence-corrected chi connectivity index (χ2v) is 17.4. The first-order valence-electron chi connectivity index (χ1n) is 20.1. The van der Waals surface area contributed by atoms with Crippen LogP contribution in [0.3, 0.4) is 0 Å². The molecule has 4 aromatic heterocycles. The minimum atomic E-state index is 0.675. The Morgan fingerprint density at radius 2 is 0.850 bits per heavy atom. The molecule has 0 fully saturated rings. The van der Waals surface area contributed by atoms with Crippen LogP contribution in [0.5, 0.6) is 0 Å². The molecule has 0 aliphatic carbocycles. The zero-order chi connectivity index (χ0) is 39.6. The minimum absolute atomic E-state index is 0.675. The Kier molecular flexibility index (Phi) is 8.22. The van der Waals surface area contributed by atoms with Gasteiger partial charge in [0.15, 0.2) is 5.82 Å². The van der Waals surface area contributed by atoms with E-state index in [2.05, 4.69) is 187 Å². The maximum Gasteiger partial charge on any atom is 0.160 e. The van der Waals surface area contributed by atoms with Gasteiger partial charge in [0.05, 0.1) is 11.4 Å². The van der Waals surface area contributed by atoms with Crippen LogP contribution in [-0.2, 0) is 0 Å². The molecule has 0 aliphatic heterocycles. The molecule has 0 saturated heterocycles. The van der Waals surface area contributed by atoms with Gasteiger partial charge in [-0.2, -0.15) is 0 Å². The number of pyridine rings is 1. The fourth-order valence-electron chi connectivity index (χ4n) is 8.60. The Morgan fingerprint density at radius 1 is 0.317 bits per heavy atom. The highest BCUT2D eigenvalue weighted by Crippen LogP contribution is 2.41. The number of hydrogen-bond acceptors (Lipinski definition) is 5. The molecule has 12 rings (SSSR count). The van der Waals surface area contributed by atoms with Crippen molar-refractivity contribution in [2.24, 2.45) is 0 Å². The Balaban J connectivity index is 1.10. The van der Waals surface area contributed by atoms with Crippen LogP contribution in [0.4, 0.5) is 0 Å². The standard InChI is InChI=1S/C55H33N3S2/c1-2-15-43-34(10-1)11-8-18-44(43)50-32-49(38-13-7-12-35(26-38)39-14-9-25-56-33-39)57-55(58-50)42-28-40(36-21-23-53-47(30-36)45-16-3-5-19-51(45)59-53)27-41(29-42)37-22-24-54-48(31-37)46-17-4-6-20-52(46)60-54/h1-33H. The van der Waals surface area contributed by atoms with E-state index in [0.29, 0.717) is 5.82 Å². The highest BCUT2D eigenvalue weighted by molar-refractivity contribution is 7.26. The number of hydrogen-bond donors (Lipinski definition) is 0. The first-order chi connectivity index (χ1) is 29.7. The lowest BCUT2D eigenvalue weighted by atomic mass is 9.94. The van der Waals surface area contributed by atoms with E-state index in [0.717, 1.165) is 66.8 Å². The summed E-state index contributed by atoms with van der Waals surface area (Å²) in [5.41, 5.74) is 11.5. The van der Waals surface area contributed by atoms with Gasteiger partial charge in [0.1, 0.15) is 0 Å². The summed E-state index contributed by atoms with van der Waals surface area (Å²) < 4.78 is 5.18. The third kappa shape index (κ3) is 6.06. The van der Waals surface area contributed by atoms with Crippen LogP contribution in [0.25, 0.3) is 118 Å². The first-order valence-corrected chi connectivity index (χ1v) is 21.7. The second-order valence-electron chi connectivity index (χ2n) is 15.2. The maximum atomic E-state index is 5.45. The smallest absolute Gasteiger partial charge is 0.160 e. The van der Waals surface area contributed by atoms with E-state index in [1.165, 1.54) is 45.7 Å². The topological polar surface area (TPSA) is 38.7 Å². The van der Waals surface area contributed by atoms with E-state index in [4.69, 9.17) is 9.97 Å². The zero-order valence-corrected chi connectivity index (χ0v) is 33.8. The molecular weight excluding hydrogens is 767 g/mol. The summed E-state index contributed by atoms with van der Waals surface area (Å²) in [6, 6.07) is 67.9. The molecule has 12 aromatic rings. The Hall–Kier alpha value is -7.31. The average Bonchev–Trinajstić information content (AvgIpc) is 3.89. The van der Waals surface area contributed by atoms with Crippen molar-refractivity contribution in [3.63, 3.8) is 0 Å². The third-order valence-corrected chi connectivity index (χ3v) is 13.9. The number of rotatable bonds is 6. The van der Waals surface area contributed by atoms with E-state index < -0.39 is 0 Å². The number of aromatic nitrogens is 3. The molecule has 0 N–H and O–H groups in total. The van der Waals surface area contributed by atoms with Crippen LogP contribution in [0, 0.1) is 0 Å². The van der Waals surface area contributed by atoms with Gasteiger partial charge in [0.25, 0.3) is 0 Å². The van der Waals surface area contributed by atoms with Crippen molar-refractivity contribution in [3.8, 4) is 67.3 Å². The molecule has 3 nitrogen and oxygen atoms in total. The van der Waals surface area contributed by atoms with Gasteiger partial charge in [-0.3, -0.25) is 4.98 Å². The number of benzene rings is 8. The van der Waals surface area contributed by atoms with Crippen LogP contribution in [0.15, 0.2) is 200 Å². The van der Waals surface area contributed by atoms with Gasteiger partial charge in [-0.25, -0.2) is 9.97 Å². The maximum absolute atomic E-state index is 5.45. The average molecular weight is 800 g/mol. The minimum Gasteiger partial charge on any atom is -0.264 e. The van der Waals surface area contributed by atoms with Gasteiger partial charge in [-0.05, 0) is 111 Å². The lowest BCUT2D eigenvalue weighted by Crippen LogP contribution is -1.97. The summed E-state index contributed by atoms with van der Waals surface area (Å²) in [6.07, 6.45) is 3.72. The van der Waals surface area contributed by atoms with Crippen molar-refractivity contribution >= 4 is 73.8 Å². The second kappa shape index (κ2) is 14.2. The molecule has 0 saturated carbocycles. The van der Waals surface area contributed by atoms with Crippen molar-refractivity contribution in [2.75, 3.05) is 0 Å². The predicted octanol–water partition coefficient (Wildman–Crippen LogP) is 15.8. The summed E-state index contributed by atoms with van der Waals surface area (Å²) in [4.78, 5) is 15.3. The third-order valence-electron chi connectivity index (χ3n) is 11.6. The summed E-state index contributed by atoms with van der Waals surface area (Å²) >= 11 is 3.69. The summed E-state index contributed by atoms with van der Waals surface area (Å²) in [7, 11) is 0. The summed E-state index contributed by atoms with van der Waals surface area (Å²) in [6.45, 7) is 0. The first kappa shape index (κ1) is 34.7. The number of nitrogens with zero attached hydrogens (tertiary/aromatic N) is 3. The van der Waals surface area contributed by atoms with E-state index in [1.807, 2.05) is 41.1 Å². The molecule has 0 amide bonds. The Morgan fingerprint density at radius 3 is 1.55 bits per heavy atom. The van der Waals surface area contributed by atoms with Crippen LogP contribution >= 0.6 is 22.7 Å². The van der Waals surface area contributed by atoms with Crippen molar-refractivity contribution < 1.29 is 0 Å². The van der Waals surface area contributed by atoms with Crippen molar-refractivity contribution in [1.82, 2.24) is 15.0 Å². The zero-order valence-electron chi connectivity index (χ0n) is 32.2. The van der Waals surface area contributed by atoms with Crippen molar-refractivity contribution in [3.05, 3.63) is 200 Å². The molecule has 0 atom stereocenters. The van der Waals surface area contributed by atoms with Crippen LogP contribution in [0.1, 0.15) is 0 Å². The largest absolute Gasteiger partial charge is 0.264 e. The van der Waals surface area contributed by atoms with Gasteiger partial charge in [-0.1, -0.05) is 115 Å². The van der Waals surface area contributed by atoms with E-state index >= 15 is 0 Å². The van der Waals surface area contributed by atoms with Crippen LogP contribution < -0.4 is 0 Å². The number of thiophene rings is 2. The highest BCUT2D eigenvalue weighted by Gasteiger charge is 2.17. The van der Waals surface area contributed by atoms with Gasteiger partial charge >= 0.3 is 0 Å². The molecule has 4 heterocycles. The molecule has 0 spiro atoms. The van der Waals surface area contributed by atoms with Crippen LogP contribution in [-0.4, -0.2) is 15.0 Å². The normalized spacial score (nSPS) is 11.7. The quantitative estimate of drug-likeness (QED) is 0.168.